The van der Waals surface area contributed by atoms with Crippen LogP contribution in [0.4, 0.5) is 0 Å². The number of phenolic OH excluding ortho intramolecular Hbond substituents is 1. The van der Waals surface area contributed by atoms with Gasteiger partial charge in [0, 0.05) is 6.54 Å². The lowest BCUT2D eigenvalue weighted by Crippen LogP contribution is -2.22. The molecule has 1 aromatic carbocycles. The molecule has 0 aliphatic carbocycles. The number of rotatable bonds is 8. The summed E-state index contributed by atoms with van der Waals surface area (Å²) < 4.78 is 5.10. The predicted octanol–water partition coefficient (Wildman–Crippen LogP) is 2.37. The molecule has 0 atom stereocenters. The Morgan fingerprint density at radius 1 is 1.25 bits per heavy atom. The van der Waals surface area contributed by atoms with Crippen molar-refractivity contribution in [2.45, 2.75) is 32.2 Å². The number of likely N-dealkylation sites (tertiary alicyclic amines) is 1. The van der Waals surface area contributed by atoms with E-state index in [-0.39, 0.29) is 5.75 Å². The Hall–Kier alpha value is -1.26. The van der Waals surface area contributed by atoms with Crippen molar-refractivity contribution in [2.75, 3.05) is 33.3 Å². The Balaban J connectivity index is 1.58. The first kappa shape index (κ1) is 15.1. The summed E-state index contributed by atoms with van der Waals surface area (Å²) in [4.78, 5) is 2.56. The van der Waals surface area contributed by atoms with Crippen LogP contribution in [0.2, 0.25) is 0 Å². The molecular weight excluding hydrogens is 252 g/mol. The van der Waals surface area contributed by atoms with Crippen LogP contribution in [-0.2, 0) is 6.54 Å². The molecule has 1 aliphatic rings. The molecule has 1 heterocycles. The van der Waals surface area contributed by atoms with E-state index in [4.69, 9.17) is 4.74 Å². The number of benzene rings is 1. The fourth-order valence-electron chi connectivity index (χ4n) is 2.66. The zero-order valence-corrected chi connectivity index (χ0v) is 12.4. The molecule has 1 aliphatic heterocycles. The van der Waals surface area contributed by atoms with Crippen LogP contribution in [0.1, 0.15) is 31.2 Å². The first-order chi connectivity index (χ1) is 9.79. The van der Waals surface area contributed by atoms with Gasteiger partial charge in [-0.25, -0.2) is 0 Å². The van der Waals surface area contributed by atoms with Gasteiger partial charge >= 0.3 is 0 Å². The van der Waals surface area contributed by atoms with E-state index in [1.165, 1.54) is 45.3 Å². The number of ether oxygens (including phenoxy) is 1. The number of hydrogen-bond acceptors (Lipinski definition) is 4. The Morgan fingerprint density at radius 2 is 2.05 bits per heavy atom. The van der Waals surface area contributed by atoms with Crippen LogP contribution in [0.5, 0.6) is 11.5 Å². The van der Waals surface area contributed by atoms with Crippen LogP contribution in [0, 0.1) is 0 Å². The quantitative estimate of drug-likeness (QED) is 0.717. The lowest BCUT2D eigenvalue weighted by atomic mass is 10.2. The van der Waals surface area contributed by atoms with Crippen LogP contribution in [0.25, 0.3) is 0 Å². The highest BCUT2D eigenvalue weighted by atomic mass is 16.5. The molecule has 0 unspecified atom stereocenters. The van der Waals surface area contributed by atoms with Gasteiger partial charge in [-0.3, -0.25) is 0 Å². The van der Waals surface area contributed by atoms with E-state index in [1.807, 2.05) is 12.1 Å². The molecule has 0 spiro atoms. The van der Waals surface area contributed by atoms with Gasteiger partial charge in [0.25, 0.3) is 0 Å². The minimum atomic E-state index is 0.196. The van der Waals surface area contributed by atoms with Crippen LogP contribution >= 0.6 is 0 Å². The van der Waals surface area contributed by atoms with Gasteiger partial charge in [-0.2, -0.15) is 0 Å². The first-order valence-corrected chi connectivity index (χ1v) is 7.58. The lowest BCUT2D eigenvalue weighted by molar-refractivity contribution is 0.329. The van der Waals surface area contributed by atoms with Gasteiger partial charge in [0.05, 0.1) is 7.11 Å². The van der Waals surface area contributed by atoms with E-state index in [0.717, 1.165) is 18.7 Å². The summed E-state index contributed by atoms with van der Waals surface area (Å²) in [6.45, 7) is 5.69. The standard InChI is InChI=1S/C16H26N2O2/c1-20-16-12-14(6-7-15(16)19)13-17-8-2-3-9-18-10-4-5-11-18/h6-7,12,17,19H,2-5,8-11,13H2,1H3. The van der Waals surface area contributed by atoms with Crippen molar-refractivity contribution in [2.24, 2.45) is 0 Å². The molecule has 0 aromatic heterocycles. The third-order valence-corrected chi connectivity index (χ3v) is 3.85. The Labute approximate surface area is 121 Å². The number of aromatic hydroxyl groups is 1. The van der Waals surface area contributed by atoms with Gasteiger partial charge in [0.2, 0.25) is 0 Å². The normalized spacial score (nSPS) is 15.7. The topological polar surface area (TPSA) is 44.7 Å². The SMILES string of the molecule is COc1cc(CNCCCCN2CCCC2)ccc1O. The zero-order valence-electron chi connectivity index (χ0n) is 12.4. The Kier molecular flexibility index (Phi) is 6.15. The van der Waals surface area contributed by atoms with Gasteiger partial charge < -0.3 is 20.1 Å². The monoisotopic (exact) mass is 278 g/mol. The molecule has 4 heteroatoms. The summed E-state index contributed by atoms with van der Waals surface area (Å²) in [6, 6.07) is 5.49. The molecular formula is C16H26N2O2. The second-order valence-corrected chi connectivity index (χ2v) is 5.44. The first-order valence-electron chi connectivity index (χ1n) is 7.58. The summed E-state index contributed by atoms with van der Waals surface area (Å²) >= 11 is 0. The molecule has 4 nitrogen and oxygen atoms in total. The summed E-state index contributed by atoms with van der Waals surface area (Å²) in [6.07, 6.45) is 5.24. The fourth-order valence-corrected chi connectivity index (χ4v) is 2.66. The van der Waals surface area contributed by atoms with Gasteiger partial charge in [0.15, 0.2) is 11.5 Å². The largest absolute Gasteiger partial charge is 0.504 e. The average molecular weight is 278 g/mol. The minimum absolute atomic E-state index is 0.196. The molecule has 1 saturated heterocycles. The minimum Gasteiger partial charge on any atom is -0.504 e. The molecule has 0 saturated carbocycles. The Morgan fingerprint density at radius 3 is 2.80 bits per heavy atom. The van der Waals surface area contributed by atoms with Crippen molar-refractivity contribution in [1.29, 1.82) is 0 Å². The van der Waals surface area contributed by atoms with Gasteiger partial charge in [-0.1, -0.05) is 6.07 Å². The van der Waals surface area contributed by atoms with Gasteiger partial charge in [-0.15, -0.1) is 0 Å². The van der Waals surface area contributed by atoms with Crippen LogP contribution in [-0.4, -0.2) is 43.3 Å². The second-order valence-electron chi connectivity index (χ2n) is 5.44. The number of nitrogens with zero attached hydrogens (tertiary/aromatic N) is 1. The number of nitrogens with one attached hydrogen (secondary N) is 1. The van der Waals surface area contributed by atoms with Crippen molar-refractivity contribution in [3.63, 3.8) is 0 Å². The maximum absolute atomic E-state index is 9.53. The van der Waals surface area contributed by atoms with Crippen LogP contribution in [0.3, 0.4) is 0 Å². The number of methoxy groups -OCH3 is 1. The molecule has 2 N–H and O–H groups in total. The average Bonchev–Trinajstić information content (AvgIpc) is 2.97. The highest BCUT2D eigenvalue weighted by Gasteiger charge is 2.09. The van der Waals surface area contributed by atoms with E-state index >= 15 is 0 Å². The van der Waals surface area contributed by atoms with Gasteiger partial charge in [0.1, 0.15) is 0 Å². The smallest absolute Gasteiger partial charge is 0.160 e. The molecule has 20 heavy (non-hydrogen) atoms. The molecule has 0 amide bonds. The lowest BCUT2D eigenvalue weighted by Gasteiger charge is -2.14. The summed E-state index contributed by atoms with van der Waals surface area (Å²) in [5.74, 6) is 0.736. The second kappa shape index (κ2) is 8.12. The van der Waals surface area contributed by atoms with E-state index in [1.54, 1.807) is 13.2 Å². The third-order valence-electron chi connectivity index (χ3n) is 3.85. The van der Waals surface area contributed by atoms with E-state index in [9.17, 15) is 5.11 Å². The maximum atomic E-state index is 9.53. The van der Waals surface area contributed by atoms with Crippen molar-refractivity contribution in [1.82, 2.24) is 10.2 Å². The van der Waals surface area contributed by atoms with Gasteiger partial charge in [-0.05, 0) is 69.6 Å². The van der Waals surface area contributed by atoms with Crippen molar-refractivity contribution < 1.29 is 9.84 Å². The van der Waals surface area contributed by atoms with E-state index in [2.05, 4.69) is 10.2 Å². The summed E-state index contributed by atoms with van der Waals surface area (Å²) in [5, 5.41) is 13.0. The molecule has 1 aromatic rings. The highest BCUT2D eigenvalue weighted by molar-refractivity contribution is 5.41. The predicted molar refractivity (Wildman–Crippen MR) is 81.3 cm³/mol. The van der Waals surface area contributed by atoms with Crippen molar-refractivity contribution in [3.05, 3.63) is 23.8 Å². The van der Waals surface area contributed by atoms with Crippen molar-refractivity contribution in [3.8, 4) is 11.5 Å². The number of phenols is 1. The number of hydrogen-bond donors (Lipinski definition) is 2. The van der Waals surface area contributed by atoms with Crippen LogP contribution < -0.4 is 10.1 Å². The van der Waals surface area contributed by atoms with E-state index in [0.29, 0.717) is 5.75 Å². The van der Waals surface area contributed by atoms with E-state index < -0.39 is 0 Å². The summed E-state index contributed by atoms with van der Waals surface area (Å²) in [5.41, 5.74) is 1.14. The molecule has 0 radical (unpaired) electrons. The molecule has 0 bridgehead atoms. The Bertz CT molecular complexity index is 403. The molecule has 2 rings (SSSR count). The third kappa shape index (κ3) is 4.69. The molecule has 112 valence electrons. The van der Waals surface area contributed by atoms with Crippen molar-refractivity contribution >= 4 is 0 Å². The molecule has 1 fully saturated rings. The zero-order chi connectivity index (χ0) is 14.2. The number of unbranched alkanes of at least 4 members (excludes halogenated alkanes) is 1. The highest BCUT2D eigenvalue weighted by Crippen LogP contribution is 2.26. The van der Waals surface area contributed by atoms with Crippen LogP contribution in [0.15, 0.2) is 18.2 Å². The maximum Gasteiger partial charge on any atom is 0.160 e. The fraction of sp³-hybridized carbons (Fsp3) is 0.625. The summed E-state index contributed by atoms with van der Waals surface area (Å²) in [7, 11) is 1.57.